The van der Waals surface area contributed by atoms with E-state index >= 15 is 0 Å². The van der Waals surface area contributed by atoms with E-state index in [9.17, 15) is 14.7 Å². The molecule has 7 heteroatoms. The van der Waals surface area contributed by atoms with E-state index in [1.165, 1.54) is 18.4 Å². The smallest absolute Gasteiger partial charge is 0.317 e. The van der Waals surface area contributed by atoms with Crippen LogP contribution in [0.25, 0.3) is 0 Å². The Morgan fingerprint density at radius 1 is 1.40 bits per heavy atom. The molecule has 1 N–H and O–H groups in total. The molecular formula is C18H18BrNO4S. The lowest BCUT2D eigenvalue weighted by atomic mass is 9.76. The molecule has 0 aliphatic carbocycles. The summed E-state index contributed by atoms with van der Waals surface area (Å²) in [5.41, 5.74) is -0.210. The number of ether oxygens (including phenoxy) is 1. The lowest BCUT2D eigenvalue weighted by molar-refractivity contribution is -0.155. The van der Waals surface area contributed by atoms with Crippen molar-refractivity contribution in [3.8, 4) is 0 Å². The number of rotatable bonds is 5. The summed E-state index contributed by atoms with van der Waals surface area (Å²) in [5.74, 6) is -2.22. The molecule has 0 amide bonds. The molecule has 132 valence electrons. The van der Waals surface area contributed by atoms with Crippen LogP contribution in [-0.2, 0) is 26.3 Å². The first-order valence-electron chi connectivity index (χ1n) is 7.79. The molecule has 25 heavy (non-hydrogen) atoms. The van der Waals surface area contributed by atoms with Crippen LogP contribution in [-0.4, -0.2) is 42.1 Å². The van der Waals surface area contributed by atoms with Gasteiger partial charge in [-0.25, -0.2) is 0 Å². The van der Waals surface area contributed by atoms with Crippen LogP contribution in [0, 0.1) is 5.92 Å². The minimum Gasteiger partial charge on any atom is -0.480 e. The molecule has 1 aromatic heterocycles. The van der Waals surface area contributed by atoms with Crippen LogP contribution in [0.1, 0.15) is 10.4 Å². The summed E-state index contributed by atoms with van der Waals surface area (Å²) in [6, 6.07) is 11.6. The number of halogens is 1. The van der Waals surface area contributed by atoms with Crippen molar-refractivity contribution in [2.24, 2.45) is 5.92 Å². The molecule has 2 unspecified atom stereocenters. The summed E-state index contributed by atoms with van der Waals surface area (Å²) in [6.45, 7) is 1.21. The molecule has 1 fully saturated rings. The minimum absolute atomic E-state index is 0.268. The lowest BCUT2D eigenvalue weighted by Crippen LogP contribution is -2.46. The Hall–Kier alpha value is -1.70. The van der Waals surface area contributed by atoms with Gasteiger partial charge in [0, 0.05) is 34.4 Å². The highest BCUT2D eigenvalue weighted by Gasteiger charge is 2.58. The summed E-state index contributed by atoms with van der Waals surface area (Å²) < 4.78 is 5.75. The largest absolute Gasteiger partial charge is 0.480 e. The maximum absolute atomic E-state index is 12.4. The maximum Gasteiger partial charge on any atom is 0.317 e. The Morgan fingerprint density at radius 3 is 2.68 bits per heavy atom. The van der Waals surface area contributed by atoms with E-state index in [0.29, 0.717) is 18.0 Å². The predicted molar refractivity (Wildman–Crippen MR) is 98.6 cm³/mol. The van der Waals surface area contributed by atoms with Crippen molar-refractivity contribution < 1.29 is 19.4 Å². The van der Waals surface area contributed by atoms with E-state index in [1.54, 1.807) is 6.07 Å². The van der Waals surface area contributed by atoms with Gasteiger partial charge in [0.1, 0.15) is 5.41 Å². The van der Waals surface area contributed by atoms with Crippen LogP contribution in [0.5, 0.6) is 0 Å². The van der Waals surface area contributed by atoms with Gasteiger partial charge in [-0.1, -0.05) is 30.3 Å². The molecule has 0 spiro atoms. The summed E-state index contributed by atoms with van der Waals surface area (Å²) >= 11 is 4.73. The number of hydrogen-bond acceptors (Lipinski definition) is 5. The second-order valence-electron chi connectivity index (χ2n) is 6.14. The fraction of sp³-hybridized carbons (Fsp3) is 0.333. The third kappa shape index (κ3) is 3.36. The molecule has 0 bridgehead atoms. The fourth-order valence-electron chi connectivity index (χ4n) is 3.44. The Bertz CT molecular complexity index is 778. The summed E-state index contributed by atoms with van der Waals surface area (Å²) in [5, 5.41) is 11.9. The molecule has 2 heterocycles. The average molecular weight is 424 g/mol. The Morgan fingerprint density at radius 2 is 2.12 bits per heavy atom. The molecule has 2 aromatic rings. The average Bonchev–Trinajstić information content (AvgIpc) is 3.20. The Balaban J connectivity index is 1.98. The number of carboxylic acids is 1. The van der Waals surface area contributed by atoms with Crippen LogP contribution in [0.2, 0.25) is 0 Å². The van der Waals surface area contributed by atoms with Gasteiger partial charge >= 0.3 is 11.9 Å². The molecule has 0 radical (unpaired) electrons. The standard InChI is InChI=1S/C18H18BrNO4S/c1-24-16(21)14-9-20(8-12-5-3-2-4-6-12)11-18(14,17(22)23)15-7-13(19)10-25-15/h2-7,10,14H,8-9,11H2,1H3,(H,22,23). The molecule has 2 atom stereocenters. The first-order chi connectivity index (χ1) is 12.0. The van der Waals surface area contributed by atoms with Gasteiger partial charge in [-0.2, -0.15) is 0 Å². The third-order valence-corrected chi connectivity index (χ3v) is 6.50. The molecule has 1 aliphatic rings. The van der Waals surface area contributed by atoms with Crippen molar-refractivity contribution in [1.82, 2.24) is 4.90 Å². The summed E-state index contributed by atoms with van der Waals surface area (Å²) in [4.78, 5) is 27.4. The topological polar surface area (TPSA) is 66.8 Å². The lowest BCUT2D eigenvalue weighted by Gasteiger charge is -2.27. The van der Waals surface area contributed by atoms with Gasteiger partial charge in [0.25, 0.3) is 0 Å². The zero-order chi connectivity index (χ0) is 18.0. The zero-order valence-corrected chi connectivity index (χ0v) is 16.0. The minimum atomic E-state index is -1.29. The van der Waals surface area contributed by atoms with Gasteiger partial charge in [0.15, 0.2) is 0 Å². The van der Waals surface area contributed by atoms with Gasteiger partial charge < -0.3 is 9.84 Å². The van der Waals surface area contributed by atoms with Crippen molar-refractivity contribution in [3.05, 3.63) is 56.7 Å². The van der Waals surface area contributed by atoms with E-state index < -0.39 is 23.3 Å². The summed E-state index contributed by atoms with van der Waals surface area (Å²) in [7, 11) is 1.30. The maximum atomic E-state index is 12.4. The summed E-state index contributed by atoms with van der Waals surface area (Å²) in [6.07, 6.45) is 0. The number of aliphatic carboxylic acids is 1. The van der Waals surface area contributed by atoms with Crippen LogP contribution in [0.15, 0.2) is 46.3 Å². The molecule has 5 nitrogen and oxygen atoms in total. The highest BCUT2D eigenvalue weighted by molar-refractivity contribution is 9.10. The Kier molecular flexibility index (Phi) is 5.27. The monoisotopic (exact) mass is 423 g/mol. The third-order valence-electron chi connectivity index (χ3n) is 4.63. The molecule has 1 aliphatic heterocycles. The van der Waals surface area contributed by atoms with Gasteiger partial charge in [0.05, 0.1) is 13.0 Å². The number of benzene rings is 1. The van der Waals surface area contributed by atoms with E-state index in [-0.39, 0.29) is 6.54 Å². The number of hydrogen-bond donors (Lipinski definition) is 1. The van der Waals surface area contributed by atoms with E-state index in [4.69, 9.17) is 4.74 Å². The van der Waals surface area contributed by atoms with Gasteiger partial charge in [-0.05, 0) is 27.6 Å². The molecule has 1 aromatic carbocycles. The second-order valence-corrected chi connectivity index (χ2v) is 7.96. The van der Waals surface area contributed by atoms with Crippen molar-refractivity contribution in [1.29, 1.82) is 0 Å². The number of methoxy groups -OCH3 is 1. The van der Waals surface area contributed by atoms with Gasteiger partial charge in [-0.15, -0.1) is 11.3 Å². The van der Waals surface area contributed by atoms with Crippen molar-refractivity contribution >= 4 is 39.2 Å². The number of carboxylic acid groups (broad SMARTS) is 1. The number of nitrogens with zero attached hydrogens (tertiary/aromatic N) is 1. The van der Waals surface area contributed by atoms with E-state index in [0.717, 1.165) is 10.0 Å². The first kappa shape index (κ1) is 18.1. The molecule has 0 saturated carbocycles. The number of carbonyl (C=O) groups is 2. The molecule has 3 rings (SSSR count). The van der Waals surface area contributed by atoms with Gasteiger partial charge in [0.2, 0.25) is 0 Å². The first-order valence-corrected chi connectivity index (χ1v) is 9.46. The molecular weight excluding hydrogens is 406 g/mol. The van der Waals surface area contributed by atoms with Crippen LogP contribution >= 0.6 is 27.3 Å². The number of likely N-dealkylation sites (tertiary alicyclic amines) is 1. The fourth-order valence-corrected chi connectivity index (χ4v) is 5.11. The van der Waals surface area contributed by atoms with E-state index in [1.807, 2.05) is 40.6 Å². The normalized spacial score (nSPS) is 23.5. The number of esters is 1. The Labute approximate surface area is 158 Å². The van der Waals surface area contributed by atoms with Crippen LogP contribution in [0.3, 0.4) is 0 Å². The highest BCUT2D eigenvalue weighted by atomic mass is 79.9. The van der Waals surface area contributed by atoms with Crippen molar-refractivity contribution in [2.45, 2.75) is 12.0 Å². The molecule has 1 saturated heterocycles. The van der Waals surface area contributed by atoms with Crippen LogP contribution < -0.4 is 0 Å². The second kappa shape index (κ2) is 7.27. The van der Waals surface area contributed by atoms with Crippen molar-refractivity contribution in [2.75, 3.05) is 20.2 Å². The van der Waals surface area contributed by atoms with Crippen molar-refractivity contribution in [3.63, 3.8) is 0 Å². The van der Waals surface area contributed by atoms with Gasteiger partial charge in [-0.3, -0.25) is 14.5 Å². The SMILES string of the molecule is COC(=O)C1CN(Cc2ccccc2)CC1(C(=O)O)c1cc(Br)cs1. The highest BCUT2D eigenvalue weighted by Crippen LogP contribution is 2.44. The number of carbonyl (C=O) groups excluding carboxylic acids is 1. The van der Waals surface area contributed by atoms with Crippen LogP contribution in [0.4, 0.5) is 0 Å². The zero-order valence-electron chi connectivity index (χ0n) is 13.6. The quantitative estimate of drug-likeness (QED) is 0.748. The number of thiophene rings is 1. The predicted octanol–water partition coefficient (Wildman–Crippen LogP) is 3.14. The van der Waals surface area contributed by atoms with E-state index in [2.05, 4.69) is 15.9 Å².